The van der Waals surface area contributed by atoms with Crippen LogP contribution in [0.2, 0.25) is 0 Å². The minimum absolute atomic E-state index is 0.0301. The minimum Gasteiger partial charge on any atom is -0.352 e. The molecule has 98 valence electrons. The van der Waals surface area contributed by atoms with E-state index in [4.69, 9.17) is 0 Å². The molecule has 0 bridgehead atoms. The Morgan fingerprint density at radius 3 is 2.61 bits per heavy atom. The number of amides is 1. The molecular weight excluding hydrogens is 242 g/mol. The molecule has 0 aliphatic carbocycles. The van der Waals surface area contributed by atoms with Gasteiger partial charge in [0.2, 0.25) is 0 Å². The van der Waals surface area contributed by atoms with Crippen LogP contribution in [0.5, 0.6) is 0 Å². The summed E-state index contributed by atoms with van der Waals surface area (Å²) in [5, 5.41) is 2.86. The largest absolute Gasteiger partial charge is 0.352 e. The molecule has 1 aromatic rings. The van der Waals surface area contributed by atoms with E-state index >= 15 is 0 Å². The number of hydrogen-bond acceptors (Lipinski definition) is 2. The van der Waals surface area contributed by atoms with Crippen molar-refractivity contribution in [3.05, 3.63) is 41.3 Å². The molecule has 0 fully saturated rings. The van der Waals surface area contributed by atoms with Crippen molar-refractivity contribution in [2.45, 2.75) is 38.0 Å². The highest BCUT2D eigenvalue weighted by Crippen LogP contribution is 2.27. The van der Waals surface area contributed by atoms with E-state index in [0.29, 0.717) is 6.54 Å². The van der Waals surface area contributed by atoms with E-state index in [2.05, 4.69) is 12.2 Å². The molecule has 1 aromatic carbocycles. The van der Waals surface area contributed by atoms with Crippen molar-refractivity contribution in [1.82, 2.24) is 5.32 Å². The van der Waals surface area contributed by atoms with Crippen LogP contribution >= 0.6 is 11.8 Å². The Bertz CT molecular complexity index is 387. The number of hydrogen-bond donors (Lipinski definition) is 1. The van der Waals surface area contributed by atoms with Gasteiger partial charge in [0.1, 0.15) is 0 Å². The summed E-state index contributed by atoms with van der Waals surface area (Å²) in [6.45, 7) is 4.76. The van der Waals surface area contributed by atoms with Crippen LogP contribution in [-0.4, -0.2) is 12.5 Å². The molecule has 0 saturated carbocycles. The lowest BCUT2D eigenvalue weighted by Gasteiger charge is -2.07. The fraction of sp³-hybridized carbons (Fsp3) is 0.400. The van der Waals surface area contributed by atoms with Crippen LogP contribution in [0.15, 0.2) is 46.2 Å². The summed E-state index contributed by atoms with van der Waals surface area (Å²) >= 11 is 1.54. The van der Waals surface area contributed by atoms with Gasteiger partial charge in [0.25, 0.3) is 5.91 Å². The highest BCUT2D eigenvalue weighted by molar-refractivity contribution is 8.04. The lowest BCUT2D eigenvalue weighted by atomic mass is 10.2. The van der Waals surface area contributed by atoms with Gasteiger partial charge in [-0.15, -0.1) is 0 Å². The van der Waals surface area contributed by atoms with Gasteiger partial charge in [-0.05, 0) is 25.5 Å². The van der Waals surface area contributed by atoms with Gasteiger partial charge in [-0.3, -0.25) is 4.79 Å². The van der Waals surface area contributed by atoms with Crippen LogP contribution in [0.3, 0.4) is 0 Å². The van der Waals surface area contributed by atoms with Gasteiger partial charge in [-0.25, -0.2) is 0 Å². The smallest absolute Gasteiger partial charge is 0.257 e. The topological polar surface area (TPSA) is 29.1 Å². The van der Waals surface area contributed by atoms with Crippen LogP contribution in [-0.2, 0) is 4.79 Å². The minimum atomic E-state index is 0.0301. The van der Waals surface area contributed by atoms with Crippen molar-refractivity contribution >= 4 is 17.7 Å². The first-order chi connectivity index (χ1) is 8.77. The van der Waals surface area contributed by atoms with Crippen molar-refractivity contribution in [2.24, 2.45) is 0 Å². The third-order valence-electron chi connectivity index (χ3n) is 2.42. The van der Waals surface area contributed by atoms with Crippen LogP contribution < -0.4 is 5.32 Å². The second-order valence-corrected chi connectivity index (χ2v) is 5.10. The monoisotopic (exact) mass is 263 g/mol. The highest BCUT2D eigenvalue weighted by Gasteiger charge is 2.09. The first kappa shape index (κ1) is 14.8. The summed E-state index contributed by atoms with van der Waals surface area (Å²) in [4.78, 5) is 13.8. The fourth-order valence-corrected chi connectivity index (χ4v) is 2.39. The lowest BCUT2D eigenvalue weighted by molar-refractivity contribution is -0.116. The highest BCUT2D eigenvalue weighted by atomic mass is 32.2. The predicted molar refractivity (Wildman–Crippen MR) is 78.6 cm³/mol. The van der Waals surface area contributed by atoms with Gasteiger partial charge in [-0.2, -0.15) is 0 Å². The molecule has 0 heterocycles. The van der Waals surface area contributed by atoms with Gasteiger partial charge < -0.3 is 5.32 Å². The third-order valence-corrected chi connectivity index (χ3v) is 3.50. The standard InChI is InChI=1S/C15H21NOS/c1-3-5-7-12-14(15(17)16-4-2)18-13-10-8-6-9-11-13/h6,8-12H,3-5,7H2,1-2H3,(H,16,17)/b14-12+. The molecule has 1 amide bonds. The number of thioether (sulfide) groups is 1. The molecule has 0 aliphatic rings. The van der Waals surface area contributed by atoms with Gasteiger partial charge in [0.15, 0.2) is 0 Å². The van der Waals surface area contributed by atoms with Crippen molar-refractivity contribution in [2.75, 3.05) is 6.54 Å². The summed E-state index contributed by atoms with van der Waals surface area (Å²) in [5.74, 6) is 0.0301. The van der Waals surface area contributed by atoms with E-state index < -0.39 is 0 Å². The number of likely N-dealkylation sites (N-methyl/N-ethyl adjacent to an activating group) is 1. The number of nitrogens with one attached hydrogen (secondary N) is 1. The number of carbonyl (C=O) groups is 1. The van der Waals surface area contributed by atoms with E-state index in [-0.39, 0.29) is 5.91 Å². The molecule has 2 nitrogen and oxygen atoms in total. The number of rotatable bonds is 7. The van der Waals surface area contributed by atoms with Crippen molar-refractivity contribution < 1.29 is 4.79 Å². The Kier molecular flexibility index (Phi) is 7.26. The number of allylic oxidation sites excluding steroid dienone is 1. The van der Waals surface area contributed by atoms with Crippen LogP contribution in [0, 0.1) is 0 Å². The van der Waals surface area contributed by atoms with Gasteiger partial charge in [0.05, 0.1) is 4.91 Å². The van der Waals surface area contributed by atoms with E-state index in [1.807, 2.05) is 43.3 Å². The van der Waals surface area contributed by atoms with E-state index in [1.165, 1.54) is 11.8 Å². The summed E-state index contributed by atoms with van der Waals surface area (Å²) in [6, 6.07) is 10.0. The second-order valence-electron chi connectivity index (χ2n) is 3.99. The van der Waals surface area contributed by atoms with Gasteiger partial charge in [-0.1, -0.05) is 55.8 Å². The molecule has 0 saturated heterocycles. The molecule has 0 aromatic heterocycles. The average molecular weight is 263 g/mol. The number of benzene rings is 1. The Balaban J connectivity index is 2.71. The molecule has 0 aliphatic heterocycles. The van der Waals surface area contributed by atoms with Crippen molar-refractivity contribution in [3.63, 3.8) is 0 Å². The zero-order chi connectivity index (χ0) is 13.2. The SMILES string of the molecule is CCCC/C=C(/Sc1ccccc1)C(=O)NCC. The zero-order valence-electron chi connectivity index (χ0n) is 11.1. The molecule has 18 heavy (non-hydrogen) atoms. The maximum Gasteiger partial charge on any atom is 0.257 e. The molecule has 0 radical (unpaired) electrons. The molecule has 1 N–H and O–H groups in total. The summed E-state index contributed by atoms with van der Waals surface area (Å²) in [6.07, 6.45) is 5.28. The molecule has 3 heteroatoms. The maximum atomic E-state index is 11.9. The van der Waals surface area contributed by atoms with Crippen molar-refractivity contribution in [3.8, 4) is 0 Å². The summed E-state index contributed by atoms with van der Waals surface area (Å²) in [5.41, 5.74) is 0. The Morgan fingerprint density at radius 2 is 2.00 bits per heavy atom. The van der Waals surface area contributed by atoms with E-state index in [1.54, 1.807) is 0 Å². The molecule has 0 unspecified atom stereocenters. The van der Waals surface area contributed by atoms with Gasteiger partial charge >= 0.3 is 0 Å². The summed E-state index contributed by atoms with van der Waals surface area (Å²) < 4.78 is 0. The van der Waals surface area contributed by atoms with Crippen molar-refractivity contribution in [1.29, 1.82) is 0 Å². The zero-order valence-corrected chi connectivity index (χ0v) is 11.9. The summed E-state index contributed by atoms with van der Waals surface area (Å²) in [7, 11) is 0. The average Bonchev–Trinajstić information content (AvgIpc) is 2.39. The molecule has 0 spiro atoms. The van der Waals surface area contributed by atoms with Crippen LogP contribution in [0.4, 0.5) is 0 Å². The fourth-order valence-electron chi connectivity index (χ4n) is 1.48. The van der Waals surface area contributed by atoms with Crippen LogP contribution in [0.1, 0.15) is 33.1 Å². The number of carbonyl (C=O) groups excluding carboxylic acids is 1. The van der Waals surface area contributed by atoms with Gasteiger partial charge in [0, 0.05) is 11.4 Å². The number of unbranched alkanes of at least 4 members (excludes halogenated alkanes) is 2. The lowest BCUT2D eigenvalue weighted by Crippen LogP contribution is -2.23. The molecule has 0 atom stereocenters. The first-order valence-electron chi connectivity index (χ1n) is 6.49. The second kappa shape index (κ2) is 8.81. The molecular formula is C15H21NOS. The normalized spacial score (nSPS) is 11.3. The quantitative estimate of drug-likeness (QED) is 0.458. The predicted octanol–water partition coefficient (Wildman–Crippen LogP) is 3.99. The van der Waals surface area contributed by atoms with E-state index in [9.17, 15) is 4.79 Å². The Labute approximate surface area is 114 Å². The van der Waals surface area contributed by atoms with E-state index in [0.717, 1.165) is 29.1 Å². The first-order valence-corrected chi connectivity index (χ1v) is 7.30. The van der Waals surface area contributed by atoms with Crippen LogP contribution in [0.25, 0.3) is 0 Å². The Morgan fingerprint density at radius 1 is 1.28 bits per heavy atom. The maximum absolute atomic E-state index is 11.9. The molecule has 1 rings (SSSR count). The Hall–Kier alpha value is -1.22. The third kappa shape index (κ3) is 5.41.